The molecule has 0 N–H and O–H groups in total. The maximum atomic E-state index is 12.7. The van der Waals surface area contributed by atoms with Gasteiger partial charge in [-0.1, -0.05) is 24.3 Å². The summed E-state index contributed by atoms with van der Waals surface area (Å²) < 4.78 is 34.0. The summed E-state index contributed by atoms with van der Waals surface area (Å²) >= 11 is 0. The average molecular weight is 458 g/mol. The van der Waals surface area contributed by atoms with Gasteiger partial charge in [0.1, 0.15) is 5.75 Å². The smallest absolute Gasteiger partial charge is 0.274 e. The lowest BCUT2D eigenvalue weighted by Crippen LogP contribution is -2.26. The molecule has 0 saturated heterocycles. The van der Waals surface area contributed by atoms with Crippen LogP contribution >= 0.6 is 0 Å². The fourth-order valence-electron chi connectivity index (χ4n) is 3.10. The summed E-state index contributed by atoms with van der Waals surface area (Å²) in [6.45, 7) is 2.57. The minimum Gasteiger partial charge on any atom is -0.497 e. The Morgan fingerprint density at radius 3 is 2.31 bits per heavy atom. The van der Waals surface area contributed by atoms with Crippen LogP contribution in [0.15, 0.2) is 54.6 Å². The van der Waals surface area contributed by atoms with Gasteiger partial charge in [-0.25, -0.2) is 4.68 Å². The second kappa shape index (κ2) is 9.97. The lowest BCUT2D eigenvalue weighted by atomic mass is 10.1. The second-order valence-electron chi connectivity index (χ2n) is 7.32. The summed E-state index contributed by atoms with van der Waals surface area (Å²) in [5.74, 6) is 0.570. The van der Waals surface area contributed by atoms with E-state index >= 15 is 0 Å². The molecule has 3 aromatic rings. The van der Waals surface area contributed by atoms with E-state index in [-0.39, 0.29) is 12.5 Å². The molecular weight excluding hydrogens is 430 g/mol. The molecule has 0 fully saturated rings. The molecule has 0 bridgehead atoms. The molecule has 8 nitrogen and oxygen atoms in total. The standard InChI is InChI=1S/C23H27N3O5S/c1-5-25(2)23(27)21-16-22(26(24-21)19-10-12-20(30-3)13-11-19)18-8-6-17(7-9-18)14-15-31-32(4,28)29/h6-13,16H,5,14-15H2,1-4H3. The number of benzene rings is 2. The van der Waals surface area contributed by atoms with E-state index in [2.05, 4.69) is 5.10 Å². The van der Waals surface area contributed by atoms with Crippen LogP contribution < -0.4 is 4.74 Å². The Hall–Kier alpha value is -3.17. The number of hydrogen-bond donors (Lipinski definition) is 0. The first kappa shape index (κ1) is 23.5. The number of rotatable bonds is 9. The molecule has 0 atom stereocenters. The lowest BCUT2D eigenvalue weighted by molar-refractivity contribution is 0.0796. The van der Waals surface area contributed by atoms with Crippen LogP contribution in [0.25, 0.3) is 16.9 Å². The zero-order valence-corrected chi connectivity index (χ0v) is 19.4. The third kappa shape index (κ3) is 5.74. The van der Waals surface area contributed by atoms with Crippen LogP contribution in [0, 0.1) is 0 Å². The van der Waals surface area contributed by atoms with Gasteiger partial charge in [0.15, 0.2) is 5.69 Å². The Balaban J connectivity index is 1.94. The molecular formula is C23H27N3O5S. The zero-order valence-electron chi connectivity index (χ0n) is 18.6. The monoisotopic (exact) mass is 457 g/mol. The first-order valence-electron chi connectivity index (χ1n) is 10.2. The highest BCUT2D eigenvalue weighted by Crippen LogP contribution is 2.26. The van der Waals surface area contributed by atoms with Crippen molar-refractivity contribution < 1.29 is 22.1 Å². The van der Waals surface area contributed by atoms with Gasteiger partial charge in [-0.15, -0.1) is 0 Å². The quantitative estimate of drug-likeness (QED) is 0.459. The molecule has 2 aromatic carbocycles. The molecule has 9 heteroatoms. The summed E-state index contributed by atoms with van der Waals surface area (Å²) in [4.78, 5) is 14.3. The van der Waals surface area contributed by atoms with Gasteiger partial charge in [-0.2, -0.15) is 13.5 Å². The predicted octanol–water partition coefficient (Wildman–Crippen LogP) is 3.16. The Morgan fingerprint density at radius 2 is 1.75 bits per heavy atom. The molecule has 3 rings (SSSR count). The topological polar surface area (TPSA) is 90.7 Å². The molecule has 0 radical (unpaired) electrons. The van der Waals surface area contributed by atoms with Gasteiger partial charge >= 0.3 is 0 Å². The van der Waals surface area contributed by atoms with E-state index in [0.717, 1.165) is 34.5 Å². The van der Waals surface area contributed by atoms with Crippen LogP contribution in [0.1, 0.15) is 23.0 Å². The molecule has 0 aliphatic rings. The van der Waals surface area contributed by atoms with Crippen molar-refractivity contribution in [1.82, 2.24) is 14.7 Å². The summed E-state index contributed by atoms with van der Waals surface area (Å²) in [7, 11) is -0.115. The first-order valence-corrected chi connectivity index (χ1v) is 12.0. The SMILES string of the molecule is CCN(C)C(=O)c1cc(-c2ccc(CCOS(C)(=O)=O)cc2)n(-c2ccc(OC)cc2)n1. The van der Waals surface area contributed by atoms with Gasteiger partial charge in [0, 0.05) is 19.2 Å². The molecule has 0 unspecified atom stereocenters. The van der Waals surface area contributed by atoms with Crippen molar-refractivity contribution >= 4 is 16.0 Å². The van der Waals surface area contributed by atoms with Gasteiger partial charge in [-0.3, -0.25) is 8.98 Å². The van der Waals surface area contributed by atoms with Crippen LogP contribution in [-0.4, -0.2) is 62.6 Å². The number of ether oxygens (including phenoxy) is 1. The van der Waals surface area contributed by atoms with Crippen LogP contribution in [0.5, 0.6) is 5.75 Å². The Labute approximate surface area is 188 Å². The Kier molecular flexibility index (Phi) is 7.32. The minimum absolute atomic E-state index is 0.0873. The number of carbonyl (C=O) groups is 1. The number of hydrogen-bond acceptors (Lipinski definition) is 6. The summed E-state index contributed by atoms with van der Waals surface area (Å²) in [6.07, 6.45) is 1.50. The zero-order chi connectivity index (χ0) is 23.3. The summed E-state index contributed by atoms with van der Waals surface area (Å²) in [5.41, 5.74) is 3.73. The molecule has 0 spiro atoms. The number of carbonyl (C=O) groups excluding carboxylic acids is 1. The normalized spacial score (nSPS) is 11.4. The van der Waals surface area contributed by atoms with Crippen molar-refractivity contribution in [1.29, 1.82) is 0 Å². The molecule has 0 aliphatic carbocycles. The molecule has 1 aromatic heterocycles. The molecule has 1 amide bonds. The van der Waals surface area contributed by atoms with Crippen molar-refractivity contribution in [2.45, 2.75) is 13.3 Å². The van der Waals surface area contributed by atoms with Gasteiger partial charge in [-0.05, 0) is 49.2 Å². The van der Waals surface area contributed by atoms with Crippen LogP contribution in [-0.2, 0) is 20.7 Å². The number of aromatic nitrogens is 2. The predicted molar refractivity (Wildman–Crippen MR) is 123 cm³/mol. The molecule has 32 heavy (non-hydrogen) atoms. The number of methoxy groups -OCH3 is 1. The van der Waals surface area contributed by atoms with Crippen molar-refractivity contribution in [3.63, 3.8) is 0 Å². The van der Waals surface area contributed by atoms with E-state index in [1.54, 1.807) is 29.8 Å². The van der Waals surface area contributed by atoms with Crippen molar-refractivity contribution in [3.05, 3.63) is 65.9 Å². The molecule has 170 valence electrons. The third-order valence-electron chi connectivity index (χ3n) is 5.00. The largest absolute Gasteiger partial charge is 0.497 e. The summed E-state index contributed by atoms with van der Waals surface area (Å²) in [5, 5.41) is 4.58. The van der Waals surface area contributed by atoms with E-state index in [1.807, 2.05) is 55.5 Å². The van der Waals surface area contributed by atoms with Gasteiger partial charge in [0.2, 0.25) is 0 Å². The van der Waals surface area contributed by atoms with Crippen LogP contribution in [0.4, 0.5) is 0 Å². The summed E-state index contributed by atoms with van der Waals surface area (Å²) in [6, 6.07) is 16.9. The highest BCUT2D eigenvalue weighted by molar-refractivity contribution is 7.85. The van der Waals surface area contributed by atoms with Crippen molar-refractivity contribution in [3.8, 4) is 22.7 Å². The fourth-order valence-corrected chi connectivity index (χ4v) is 3.49. The Bertz CT molecular complexity index is 1170. The van der Waals surface area contributed by atoms with E-state index in [1.165, 1.54) is 0 Å². The molecule has 0 saturated carbocycles. The highest BCUT2D eigenvalue weighted by atomic mass is 32.2. The lowest BCUT2D eigenvalue weighted by Gasteiger charge is -2.12. The first-order chi connectivity index (χ1) is 15.2. The second-order valence-corrected chi connectivity index (χ2v) is 8.96. The minimum atomic E-state index is -3.46. The van der Waals surface area contributed by atoms with E-state index < -0.39 is 10.1 Å². The maximum Gasteiger partial charge on any atom is 0.274 e. The maximum absolute atomic E-state index is 12.7. The average Bonchev–Trinajstić information content (AvgIpc) is 3.23. The van der Waals surface area contributed by atoms with Crippen LogP contribution in [0.2, 0.25) is 0 Å². The molecule has 1 heterocycles. The molecule has 0 aliphatic heterocycles. The van der Waals surface area contributed by atoms with E-state index in [9.17, 15) is 13.2 Å². The van der Waals surface area contributed by atoms with Gasteiger partial charge in [0.05, 0.1) is 31.4 Å². The van der Waals surface area contributed by atoms with Gasteiger partial charge in [0.25, 0.3) is 16.0 Å². The van der Waals surface area contributed by atoms with Gasteiger partial charge < -0.3 is 9.64 Å². The van der Waals surface area contributed by atoms with Crippen molar-refractivity contribution in [2.75, 3.05) is 33.6 Å². The van der Waals surface area contributed by atoms with Crippen LogP contribution in [0.3, 0.4) is 0 Å². The Morgan fingerprint density at radius 1 is 1.09 bits per heavy atom. The van der Waals surface area contributed by atoms with E-state index in [4.69, 9.17) is 8.92 Å². The fraction of sp³-hybridized carbons (Fsp3) is 0.304. The number of amides is 1. The van der Waals surface area contributed by atoms with E-state index in [0.29, 0.717) is 18.7 Å². The van der Waals surface area contributed by atoms with Crippen molar-refractivity contribution in [2.24, 2.45) is 0 Å². The highest BCUT2D eigenvalue weighted by Gasteiger charge is 2.19. The third-order valence-corrected chi connectivity index (χ3v) is 5.60. The number of nitrogens with zero attached hydrogens (tertiary/aromatic N) is 3.